The molecule has 0 radical (unpaired) electrons. The summed E-state index contributed by atoms with van der Waals surface area (Å²) in [5, 5.41) is 3.55. The summed E-state index contributed by atoms with van der Waals surface area (Å²) in [5.41, 5.74) is 0.849. The zero-order chi connectivity index (χ0) is 13.1. The molecule has 18 heavy (non-hydrogen) atoms. The van der Waals surface area contributed by atoms with Gasteiger partial charge in [0.05, 0.1) is 6.04 Å². The molecule has 94 valence electrons. The van der Waals surface area contributed by atoms with E-state index in [1.54, 1.807) is 19.1 Å². The molecule has 0 aliphatic rings. The van der Waals surface area contributed by atoms with Crippen molar-refractivity contribution in [3.05, 3.63) is 52.7 Å². The Hall–Kier alpha value is -1.68. The molecule has 2 rings (SSSR count). The van der Waals surface area contributed by atoms with Crippen molar-refractivity contribution < 1.29 is 4.39 Å². The first-order valence-electron chi connectivity index (χ1n) is 5.58. The summed E-state index contributed by atoms with van der Waals surface area (Å²) in [4.78, 5) is 8.20. The van der Waals surface area contributed by atoms with E-state index in [0.29, 0.717) is 16.8 Å². The number of aryl methyl sites for hydroxylation is 1. The number of aromatic nitrogens is 2. The molecule has 1 N–H and O–H groups in total. The van der Waals surface area contributed by atoms with E-state index in [4.69, 9.17) is 11.6 Å². The van der Waals surface area contributed by atoms with Crippen LogP contribution in [0.5, 0.6) is 0 Å². The van der Waals surface area contributed by atoms with Crippen LogP contribution in [0.2, 0.25) is 5.15 Å². The van der Waals surface area contributed by atoms with Crippen molar-refractivity contribution in [3.63, 3.8) is 0 Å². The van der Waals surface area contributed by atoms with Crippen LogP contribution >= 0.6 is 11.6 Å². The van der Waals surface area contributed by atoms with Gasteiger partial charge >= 0.3 is 0 Å². The average Bonchev–Trinajstić information content (AvgIpc) is 2.27. The van der Waals surface area contributed by atoms with Crippen LogP contribution in [0.15, 0.2) is 30.3 Å². The lowest BCUT2D eigenvalue weighted by atomic mass is 10.1. The third kappa shape index (κ3) is 3.17. The van der Waals surface area contributed by atoms with Crippen LogP contribution in [0.3, 0.4) is 0 Å². The van der Waals surface area contributed by atoms with E-state index in [2.05, 4.69) is 15.3 Å². The molecule has 0 bridgehead atoms. The number of benzene rings is 1. The van der Waals surface area contributed by atoms with E-state index in [9.17, 15) is 4.39 Å². The van der Waals surface area contributed by atoms with Crippen LogP contribution in [0.4, 0.5) is 10.2 Å². The van der Waals surface area contributed by atoms with Crippen LogP contribution < -0.4 is 5.32 Å². The third-order valence-corrected chi connectivity index (χ3v) is 2.71. The van der Waals surface area contributed by atoms with Gasteiger partial charge < -0.3 is 5.32 Å². The summed E-state index contributed by atoms with van der Waals surface area (Å²) < 4.78 is 13.1. The van der Waals surface area contributed by atoms with Crippen LogP contribution in [0, 0.1) is 12.7 Å². The summed E-state index contributed by atoms with van der Waals surface area (Å²) >= 11 is 5.85. The van der Waals surface area contributed by atoms with Gasteiger partial charge in [0.15, 0.2) is 0 Å². The van der Waals surface area contributed by atoms with E-state index in [1.165, 1.54) is 12.1 Å². The lowest BCUT2D eigenvalue weighted by Crippen LogP contribution is -2.09. The summed E-state index contributed by atoms with van der Waals surface area (Å²) in [7, 11) is 0. The maximum atomic E-state index is 13.1. The van der Waals surface area contributed by atoms with Gasteiger partial charge in [-0.15, -0.1) is 0 Å². The molecule has 0 amide bonds. The molecule has 0 aliphatic carbocycles. The lowest BCUT2D eigenvalue weighted by Gasteiger charge is -2.15. The zero-order valence-electron chi connectivity index (χ0n) is 10.1. The number of nitrogens with one attached hydrogen (secondary N) is 1. The minimum absolute atomic E-state index is 0.0638. The second-order valence-corrected chi connectivity index (χ2v) is 4.43. The standard InChI is InChI=1S/C13H13ClFN3/c1-8(10-4-3-5-11(15)6-10)16-13-7-12(14)17-9(2)18-13/h3-8H,1-2H3,(H,16,17,18). The first-order chi connectivity index (χ1) is 8.54. The molecule has 1 aromatic heterocycles. The van der Waals surface area contributed by atoms with Crippen molar-refractivity contribution in [3.8, 4) is 0 Å². The number of anilines is 1. The molecule has 1 heterocycles. The SMILES string of the molecule is Cc1nc(Cl)cc(NC(C)c2cccc(F)c2)n1. The lowest BCUT2D eigenvalue weighted by molar-refractivity contribution is 0.623. The Labute approximate surface area is 110 Å². The van der Waals surface area contributed by atoms with E-state index in [0.717, 1.165) is 5.56 Å². The van der Waals surface area contributed by atoms with Gasteiger partial charge in [0.25, 0.3) is 0 Å². The monoisotopic (exact) mass is 265 g/mol. The Bertz CT molecular complexity index is 539. The molecule has 0 fully saturated rings. The van der Waals surface area contributed by atoms with E-state index in [1.807, 2.05) is 13.0 Å². The summed E-state index contributed by atoms with van der Waals surface area (Å²) in [6, 6.07) is 8.03. The number of hydrogen-bond acceptors (Lipinski definition) is 3. The second kappa shape index (κ2) is 5.31. The van der Waals surface area contributed by atoms with Crippen LogP contribution in [-0.4, -0.2) is 9.97 Å². The molecule has 0 saturated heterocycles. The second-order valence-electron chi connectivity index (χ2n) is 4.04. The Balaban J connectivity index is 2.18. The average molecular weight is 266 g/mol. The van der Waals surface area contributed by atoms with Crippen LogP contribution in [0.25, 0.3) is 0 Å². The molecule has 1 atom stereocenters. The maximum Gasteiger partial charge on any atom is 0.134 e. The fourth-order valence-electron chi connectivity index (χ4n) is 1.69. The molecule has 0 saturated carbocycles. The van der Waals surface area contributed by atoms with Crippen LogP contribution in [-0.2, 0) is 0 Å². The summed E-state index contributed by atoms with van der Waals surface area (Å²) in [6.45, 7) is 3.70. The first kappa shape index (κ1) is 12.8. The van der Waals surface area contributed by atoms with Gasteiger partial charge in [-0.1, -0.05) is 23.7 Å². The Kier molecular flexibility index (Phi) is 3.77. The first-order valence-corrected chi connectivity index (χ1v) is 5.95. The molecule has 0 spiro atoms. The normalized spacial score (nSPS) is 12.2. The van der Waals surface area contributed by atoms with Crippen molar-refractivity contribution >= 4 is 17.4 Å². The number of halogens is 2. The van der Waals surface area contributed by atoms with Crippen LogP contribution in [0.1, 0.15) is 24.4 Å². The fraction of sp³-hybridized carbons (Fsp3) is 0.231. The molecule has 3 nitrogen and oxygen atoms in total. The molecule has 5 heteroatoms. The van der Waals surface area contributed by atoms with Crippen molar-refractivity contribution in [1.29, 1.82) is 0 Å². The highest BCUT2D eigenvalue weighted by molar-refractivity contribution is 6.29. The molecule has 0 aliphatic heterocycles. The minimum Gasteiger partial charge on any atom is -0.363 e. The Morgan fingerprint density at radius 1 is 1.28 bits per heavy atom. The van der Waals surface area contributed by atoms with Crippen molar-refractivity contribution in [2.75, 3.05) is 5.32 Å². The van der Waals surface area contributed by atoms with Crippen molar-refractivity contribution in [1.82, 2.24) is 9.97 Å². The number of rotatable bonds is 3. The highest BCUT2D eigenvalue weighted by atomic mass is 35.5. The Morgan fingerprint density at radius 3 is 2.72 bits per heavy atom. The minimum atomic E-state index is -0.252. The van der Waals surface area contributed by atoms with E-state index < -0.39 is 0 Å². The predicted molar refractivity (Wildman–Crippen MR) is 70.2 cm³/mol. The third-order valence-electron chi connectivity index (χ3n) is 2.52. The molecular formula is C13H13ClFN3. The number of hydrogen-bond donors (Lipinski definition) is 1. The smallest absolute Gasteiger partial charge is 0.134 e. The highest BCUT2D eigenvalue weighted by Crippen LogP contribution is 2.20. The van der Waals surface area contributed by atoms with Gasteiger partial charge in [0.1, 0.15) is 22.6 Å². The largest absolute Gasteiger partial charge is 0.363 e. The zero-order valence-corrected chi connectivity index (χ0v) is 10.9. The quantitative estimate of drug-likeness (QED) is 0.859. The topological polar surface area (TPSA) is 37.8 Å². The van der Waals surface area contributed by atoms with E-state index in [-0.39, 0.29) is 11.9 Å². The summed E-state index contributed by atoms with van der Waals surface area (Å²) in [6.07, 6.45) is 0. The van der Waals surface area contributed by atoms with Gasteiger partial charge in [-0.25, -0.2) is 14.4 Å². The molecule has 1 unspecified atom stereocenters. The molecule has 1 aromatic carbocycles. The van der Waals surface area contributed by atoms with Gasteiger partial charge in [0, 0.05) is 6.07 Å². The maximum absolute atomic E-state index is 13.1. The van der Waals surface area contributed by atoms with Gasteiger partial charge in [-0.3, -0.25) is 0 Å². The van der Waals surface area contributed by atoms with Gasteiger partial charge in [-0.2, -0.15) is 0 Å². The molecule has 2 aromatic rings. The van der Waals surface area contributed by atoms with Gasteiger partial charge in [0.2, 0.25) is 0 Å². The van der Waals surface area contributed by atoms with Crippen molar-refractivity contribution in [2.45, 2.75) is 19.9 Å². The Morgan fingerprint density at radius 2 is 2.06 bits per heavy atom. The predicted octanol–water partition coefficient (Wildman–Crippen LogP) is 3.75. The molecular weight excluding hydrogens is 253 g/mol. The summed E-state index contributed by atoms with van der Waals surface area (Å²) in [5.74, 6) is 0.971. The number of nitrogens with zero attached hydrogens (tertiary/aromatic N) is 2. The highest BCUT2D eigenvalue weighted by Gasteiger charge is 2.08. The van der Waals surface area contributed by atoms with Crippen molar-refractivity contribution in [2.24, 2.45) is 0 Å². The van der Waals surface area contributed by atoms with Gasteiger partial charge in [-0.05, 0) is 31.5 Å². The van der Waals surface area contributed by atoms with E-state index >= 15 is 0 Å². The fourth-order valence-corrected chi connectivity index (χ4v) is 1.91.